The minimum atomic E-state index is -0.374. The van der Waals surface area contributed by atoms with E-state index < -0.39 is 0 Å². The third kappa shape index (κ3) is 2.65. The molecule has 7 nitrogen and oxygen atoms in total. The van der Waals surface area contributed by atoms with Crippen LogP contribution in [0.1, 0.15) is 19.3 Å². The highest BCUT2D eigenvalue weighted by atomic mass is 16.6. The summed E-state index contributed by atoms with van der Waals surface area (Å²) in [7, 11) is 2.17. The van der Waals surface area contributed by atoms with E-state index in [1.165, 1.54) is 25.0 Å². The van der Waals surface area contributed by atoms with Crippen molar-refractivity contribution in [2.75, 3.05) is 37.3 Å². The molecule has 0 amide bonds. The van der Waals surface area contributed by atoms with Crippen molar-refractivity contribution < 1.29 is 4.92 Å². The van der Waals surface area contributed by atoms with Crippen molar-refractivity contribution in [3.05, 3.63) is 22.2 Å². The van der Waals surface area contributed by atoms with Gasteiger partial charge in [0.1, 0.15) is 5.82 Å². The zero-order valence-corrected chi connectivity index (χ0v) is 12.2. The van der Waals surface area contributed by atoms with Gasteiger partial charge in [-0.15, -0.1) is 0 Å². The monoisotopic (exact) mass is 291 g/mol. The van der Waals surface area contributed by atoms with Crippen LogP contribution < -0.4 is 10.6 Å². The molecule has 114 valence electrons. The standard InChI is InChI=1S/C14H21N5O2/c1-17-7-2-3-10-9-18(8-6-11(10)17)14-12(19(20)21)4-5-13(15)16-14/h4-5,10-11H,2-3,6-9H2,1H3,(H2,15,16). The summed E-state index contributed by atoms with van der Waals surface area (Å²) in [5.41, 5.74) is 5.77. The number of piperidine rings is 2. The Morgan fingerprint density at radius 1 is 1.38 bits per heavy atom. The van der Waals surface area contributed by atoms with Crippen molar-refractivity contribution in [1.82, 2.24) is 9.88 Å². The van der Waals surface area contributed by atoms with E-state index in [2.05, 4.69) is 16.9 Å². The largest absolute Gasteiger partial charge is 0.384 e. The zero-order chi connectivity index (χ0) is 15.0. The molecule has 3 rings (SSSR count). The van der Waals surface area contributed by atoms with Gasteiger partial charge >= 0.3 is 5.69 Å². The summed E-state index contributed by atoms with van der Waals surface area (Å²) in [5, 5.41) is 11.2. The first-order chi connectivity index (χ1) is 10.1. The highest BCUT2D eigenvalue weighted by Gasteiger charge is 2.36. The van der Waals surface area contributed by atoms with E-state index >= 15 is 0 Å². The van der Waals surface area contributed by atoms with Gasteiger partial charge in [-0.25, -0.2) is 4.98 Å². The SMILES string of the molecule is CN1CCCC2CN(c3nc(N)ccc3[N+](=O)[O-])CCC21. The molecule has 2 fully saturated rings. The van der Waals surface area contributed by atoms with Crippen molar-refractivity contribution in [3.8, 4) is 0 Å². The van der Waals surface area contributed by atoms with Gasteiger partial charge in [-0.2, -0.15) is 0 Å². The third-order valence-electron chi connectivity index (χ3n) is 4.72. The van der Waals surface area contributed by atoms with Crippen LogP contribution in [0.3, 0.4) is 0 Å². The maximum Gasteiger partial charge on any atom is 0.311 e. The Morgan fingerprint density at radius 2 is 2.19 bits per heavy atom. The Balaban J connectivity index is 1.85. The van der Waals surface area contributed by atoms with Crippen LogP contribution in [0.15, 0.2) is 12.1 Å². The predicted molar refractivity (Wildman–Crippen MR) is 81.3 cm³/mol. The van der Waals surface area contributed by atoms with Crippen LogP contribution in [-0.2, 0) is 0 Å². The van der Waals surface area contributed by atoms with Crippen LogP contribution in [0, 0.1) is 16.0 Å². The number of likely N-dealkylation sites (tertiary alicyclic amines) is 1. The van der Waals surface area contributed by atoms with E-state index in [-0.39, 0.29) is 10.6 Å². The lowest BCUT2D eigenvalue weighted by Gasteiger charge is -2.46. The Bertz CT molecular complexity index is 550. The van der Waals surface area contributed by atoms with E-state index in [1.807, 2.05) is 4.90 Å². The molecule has 1 aromatic heterocycles. The van der Waals surface area contributed by atoms with Gasteiger partial charge < -0.3 is 15.5 Å². The lowest BCUT2D eigenvalue weighted by atomic mass is 9.84. The topological polar surface area (TPSA) is 88.5 Å². The predicted octanol–water partition coefficient (Wildman–Crippen LogP) is 1.49. The average molecular weight is 291 g/mol. The molecule has 2 N–H and O–H groups in total. The van der Waals surface area contributed by atoms with E-state index in [0.29, 0.717) is 23.6 Å². The Hall–Kier alpha value is -1.89. The van der Waals surface area contributed by atoms with Crippen LogP contribution in [0.5, 0.6) is 0 Å². The molecule has 0 bridgehead atoms. The first-order valence-corrected chi connectivity index (χ1v) is 7.42. The fourth-order valence-corrected chi connectivity index (χ4v) is 3.68. The number of nitrogen functional groups attached to an aromatic ring is 1. The van der Waals surface area contributed by atoms with Crippen LogP contribution in [0.25, 0.3) is 0 Å². The summed E-state index contributed by atoms with van der Waals surface area (Å²) >= 11 is 0. The Morgan fingerprint density at radius 3 is 2.95 bits per heavy atom. The van der Waals surface area contributed by atoms with Crippen molar-refractivity contribution in [3.63, 3.8) is 0 Å². The molecule has 2 saturated heterocycles. The molecule has 2 aliphatic heterocycles. The van der Waals surface area contributed by atoms with Gasteiger partial charge in [0.05, 0.1) is 4.92 Å². The normalized spacial score (nSPS) is 26.4. The van der Waals surface area contributed by atoms with Crippen LogP contribution >= 0.6 is 0 Å². The van der Waals surface area contributed by atoms with Gasteiger partial charge in [0.2, 0.25) is 5.82 Å². The van der Waals surface area contributed by atoms with Crippen LogP contribution in [0.4, 0.5) is 17.3 Å². The number of hydrogen-bond donors (Lipinski definition) is 1. The van der Waals surface area contributed by atoms with Crippen LogP contribution in [-0.4, -0.2) is 47.5 Å². The molecule has 0 aliphatic carbocycles. The molecule has 0 aromatic carbocycles. The van der Waals surface area contributed by atoms with Gasteiger partial charge in [-0.3, -0.25) is 10.1 Å². The Kier molecular flexibility index (Phi) is 3.67. The van der Waals surface area contributed by atoms with Crippen molar-refractivity contribution in [1.29, 1.82) is 0 Å². The number of pyridine rings is 1. The van der Waals surface area contributed by atoms with Crippen molar-refractivity contribution >= 4 is 17.3 Å². The van der Waals surface area contributed by atoms with E-state index in [9.17, 15) is 10.1 Å². The summed E-state index contributed by atoms with van der Waals surface area (Å²) in [5.74, 6) is 1.31. The van der Waals surface area contributed by atoms with Gasteiger partial charge in [0, 0.05) is 25.2 Å². The van der Waals surface area contributed by atoms with Crippen molar-refractivity contribution in [2.45, 2.75) is 25.3 Å². The molecular formula is C14H21N5O2. The van der Waals surface area contributed by atoms with E-state index in [0.717, 1.165) is 26.1 Å². The first-order valence-electron chi connectivity index (χ1n) is 7.42. The smallest absolute Gasteiger partial charge is 0.311 e. The maximum atomic E-state index is 11.2. The molecule has 7 heteroatoms. The molecule has 2 unspecified atom stereocenters. The number of fused-ring (bicyclic) bond motifs is 1. The maximum absolute atomic E-state index is 11.2. The van der Waals surface area contributed by atoms with E-state index in [4.69, 9.17) is 5.73 Å². The van der Waals surface area contributed by atoms with Gasteiger partial charge in [-0.1, -0.05) is 0 Å². The van der Waals surface area contributed by atoms with Crippen molar-refractivity contribution in [2.24, 2.45) is 5.92 Å². The summed E-state index contributed by atoms with van der Waals surface area (Å²) in [4.78, 5) is 19.5. The van der Waals surface area contributed by atoms with Crippen LogP contribution in [0.2, 0.25) is 0 Å². The van der Waals surface area contributed by atoms with Gasteiger partial charge in [0.25, 0.3) is 0 Å². The molecule has 0 spiro atoms. The second-order valence-electron chi connectivity index (χ2n) is 6.02. The second kappa shape index (κ2) is 5.48. The number of nitrogens with two attached hydrogens (primary N) is 1. The fourth-order valence-electron chi connectivity index (χ4n) is 3.68. The molecule has 2 atom stereocenters. The Labute approximate surface area is 123 Å². The molecule has 0 saturated carbocycles. The number of aromatic nitrogens is 1. The number of nitro groups is 1. The molecule has 0 radical (unpaired) electrons. The number of hydrogen-bond acceptors (Lipinski definition) is 6. The minimum Gasteiger partial charge on any atom is -0.384 e. The minimum absolute atomic E-state index is 0.0480. The van der Waals surface area contributed by atoms with Gasteiger partial charge in [0.15, 0.2) is 0 Å². The molecular weight excluding hydrogens is 270 g/mol. The fraction of sp³-hybridized carbons (Fsp3) is 0.643. The number of nitrogens with zero attached hydrogens (tertiary/aromatic N) is 4. The third-order valence-corrected chi connectivity index (χ3v) is 4.72. The average Bonchev–Trinajstić information content (AvgIpc) is 2.46. The highest BCUT2D eigenvalue weighted by molar-refractivity contribution is 5.61. The zero-order valence-electron chi connectivity index (χ0n) is 12.2. The molecule has 21 heavy (non-hydrogen) atoms. The lowest BCUT2D eigenvalue weighted by molar-refractivity contribution is -0.384. The van der Waals surface area contributed by atoms with E-state index in [1.54, 1.807) is 0 Å². The summed E-state index contributed by atoms with van der Waals surface area (Å²) in [6.07, 6.45) is 3.40. The lowest BCUT2D eigenvalue weighted by Crippen LogP contribution is -2.53. The quantitative estimate of drug-likeness (QED) is 0.656. The molecule has 1 aromatic rings. The summed E-state index contributed by atoms with van der Waals surface area (Å²) in [6, 6.07) is 3.54. The van der Waals surface area contributed by atoms with Gasteiger partial charge in [-0.05, 0) is 44.8 Å². The number of anilines is 2. The summed E-state index contributed by atoms with van der Waals surface area (Å²) in [6.45, 7) is 2.77. The first kappa shape index (κ1) is 14.1. The number of rotatable bonds is 2. The highest BCUT2D eigenvalue weighted by Crippen LogP contribution is 2.34. The molecule has 2 aliphatic rings. The summed E-state index contributed by atoms with van der Waals surface area (Å²) < 4.78 is 0. The molecule has 3 heterocycles. The second-order valence-corrected chi connectivity index (χ2v) is 6.02.